The summed E-state index contributed by atoms with van der Waals surface area (Å²) >= 11 is 1.34. The van der Waals surface area contributed by atoms with Crippen molar-refractivity contribution in [1.29, 1.82) is 0 Å². The Morgan fingerprint density at radius 1 is 1.29 bits per heavy atom. The summed E-state index contributed by atoms with van der Waals surface area (Å²) < 4.78 is 17.7. The maximum absolute atomic E-state index is 12.9. The number of benzene rings is 1. The molecule has 0 saturated carbocycles. The normalized spacial score (nSPS) is 10.8. The van der Waals surface area contributed by atoms with E-state index >= 15 is 0 Å². The molecule has 0 bridgehead atoms. The molecular formula is C18H18FNO3S. The van der Waals surface area contributed by atoms with Gasteiger partial charge in [0, 0.05) is 11.0 Å². The summed E-state index contributed by atoms with van der Waals surface area (Å²) in [4.78, 5) is 25.1. The zero-order valence-corrected chi connectivity index (χ0v) is 14.5. The van der Waals surface area contributed by atoms with Crippen LogP contribution in [-0.2, 0) is 16.0 Å². The molecule has 0 aliphatic rings. The number of hydrogen-bond donors (Lipinski definition) is 1. The highest BCUT2D eigenvalue weighted by Crippen LogP contribution is 2.34. The Morgan fingerprint density at radius 2 is 1.96 bits per heavy atom. The van der Waals surface area contributed by atoms with Crippen LogP contribution in [0.4, 0.5) is 9.39 Å². The molecule has 0 atom stereocenters. The quantitative estimate of drug-likeness (QED) is 0.651. The summed E-state index contributed by atoms with van der Waals surface area (Å²) in [6.07, 6.45) is 3.59. The van der Waals surface area contributed by atoms with Crippen LogP contribution in [0.25, 0.3) is 6.08 Å². The van der Waals surface area contributed by atoms with Crippen LogP contribution in [0.15, 0.2) is 30.3 Å². The van der Waals surface area contributed by atoms with Crippen molar-refractivity contribution in [3.63, 3.8) is 0 Å². The minimum absolute atomic E-state index is 0.333. The van der Waals surface area contributed by atoms with Crippen molar-refractivity contribution in [3.8, 4) is 0 Å². The van der Waals surface area contributed by atoms with Crippen LogP contribution in [0.1, 0.15) is 33.3 Å². The second kappa shape index (κ2) is 7.88. The van der Waals surface area contributed by atoms with E-state index in [-0.39, 0.29) is 11.7 Å². The van der Waals surface area contributed by atoms with Gasteiger partial charge in [-0.3, -0.25) is 4.79 Å². The van der Waals surface area contributed by atoms with Gasteiger partial charge >= 0.3 is 5.97 Å². The molecule has 1 aromatic carbocycles. The predicted molar refractivity (Wildman–Crippen MR) is 93.8 cm³/mol. The lowest BCUT2D eigenvalue weighted by molar-refractivity contribution is -0.111. The van der Waals surface area contributed by atoms with Crippen LogP contribution in [0.2, 0.25) is 0 Å². The van der Waals surface area contributed by atoms with E-state index in [0.717, 1.165) is 10.4 Å². The van der Waals surface area contributed by atoms with Crippen LogP contribution >= 0.6 is 11.3 Å². The first kappa shape index (κ1) is 17.9. The molecule has 6 heteroatoms. The lowest BCUT2D eigenvalue weighted by Gasteiger charge is -2.05. The molecule has 0 aliphatic carbocycles. The van der Waals surface area contributed by atoms with Gasteiger partial charge in [-0.25, -0.2) is 9.18 Å². The van der Waals surface area contributed by atoms with E-state index < -0.39 is 5.97 Å². The number of anilines is 1. The molecule has 1 N–H and O–H groups in total. The Morgan fingerprint density at radius 3 is 2.54 bits per heavy atom. The third-order valence-corrected chi connectivity index (χ3v) is 4.55. The minimum atomic E-state index is -0.464. The standard InChI is InChI=1S/C18H18FNO3S/c1-4-14-11(2)24-17(16(14)18(22)23-3)20-15(21)10-7-12-5-8-13(19)9-6-12/h5-10H,4H2,1-3H3,(H,20,21). The van der Waals surface area contributed by atoms with E-state index in [1.54, 1.807) is 18.2 Å². The summed E-state index contributed by atoms with van der Waals surface area (Å²) in [6.45, 7) is 3.85. The smallest absolute Gasteiger partial charge is 0.341 e. The number of hydrogen-bond acceptors (Lipinski definition) is 4. The summed E-state index contributed by atoms with van der Waals surface area (Å²) in [5, 5.41) is 3.20. The van der Waals surface area contributed by atoms with E-state index in [2.05, 4.69) is 5.32 Å². The Hall–Kier alpha value is -2.47. The van der Waals surface area contributed by atoms with Gasteiger partial charge in [-0.05, 0) is 42.7 Å². The molecule has 1 amide bonds. The number of methoxy groups -OCH3 is 1. The molecule has 0 aliphatic heterocycles. The van der Waals surface area contributed by atoms with Crippen LogP contribution in [0.3, 0.4) is 0 Å². The zero-order chi connectivity index (χ0) is 17.7. The van der Waals surface area contributed by atoms with E-state index in [1.165, 1.54) is 36.7 Å². The van der Waals surface area contributed by atoms with E-state index in [9.17, 15) is 14.0 Å². The van der Waals surface area contributed by atoms with Crippen molar-refractivity contribution < 1.29 is 18.7 Å². The molecule has 0 saturated heterocycles. The van der Waals surface area contributed by atoms with Gasteiger partial charge < -0.3 is 10.1 Å². The molecule has 126 valence electrons. The Balaban J connectivity index is 2.19. The van der Waals surface area contributed by atoms with Crippen molar-refractivity contribution >= 4 is 34.3 Å². The van der Waals surface area contributed by atoms with Crippen LogP contribution in [0, 0.1) is 12.7 Å². The van der Waals surface area contributed by atoms with Gasteiger partial charge in [0.15, 0.2) is 0 Å². The molecule has 0 spiro atoms. The lowest BCUT2D eigenvalue weighted by atomic mass is 10.1. The minimum Gasteiger partial charge on any atom is -0.465 e. The maximum atomic E-state index is 12.9. The van der Waals surface area contributed by atoms with Crippen molar-refractivity contribution in [2.24, 2.45) is 0 Å². The number of nitrogens with one attached hydrogen (secondary N) is 1. The van der Waals surface area contributed by atoms with Crippen molar-refractivity contribution in [1.82, 2.24) is 0 Å². The SMILES string of the molecule is CCc1c(C)sc(NC(=O)C=Cc2ccc(F)cc2)c1C(=O)OC. The average molecular weight is 347 g/mol. The monoisotopic (exact) mass is 347 g/mol. The van der Waals surface area contributed by atoms with Crippen LogP contribution < -0.4 is 5.32 Å². The van der Waals surface area contributed by atoms with E-state index in [4.69, 9.17) is 4.74 Å². The fraction of sp³-hybridized carbons (Fsp3) is 0.222. The largest absolute Gasteiger partial charge is 0.465 e. The number of ether oxygens (including phenoxy) is 1. The molecular weight excluding hydrogens is 329 g/mol. The highest BCUT2D eigenvalue weighted by Gasteiger charge is 2.22. The molecule has 4 nitrogen and oxygen atoms in total. The van der Waals surface area contributed by atoms with Gasteiger partial charge in [-0.15, -0.1) is 11.3 Å². The van der Waals surface area contributed by atoms with Crippen molar-refractivity contribution in [2.45, 2.75) is 20.3 Å². The average Bonchev–Trinajstić information content (AvgIpc) is 2.88. The topological polar surface area (TPSA) is 55.4 Å². The number of carbonyl (C=O) groups excluding carboxylic acids is 2. The fourth-order valence-electron chi connectivity index (χ4n) is 2.31. The second-order valence-corrected chi connectivity index (χ2v) is 6.28. The van der Waals surface area contributed by atoms with E-state index in [0.29, 0.717) is 22.5 Å². The Labute approximate surface area is 144 Å². The van der Waals surface area contributed by atoms with Gasteiger partial charge in [-0.1, -0.05) is 19.1 Å². The molecule has 0 unspecified atom stereocenters. The van der Waals surface area contributed by atoms with Crippen molar-refractivity contribution in [3.05, 3.63) is 57.7 Å². The van der Waals surface area contributed by atoms with Crippen LogP contribution in [0.5, 0.6) is 0 Å². The molecule has 2 rings (SSSR count). The second-order valence-electron chi connectivity index (χ2n) is 5.06. The lowest BCUT2D eigenvalue weighted by Crippen LogP contribution is -2.12. The number of carbonyl (C=O) groups is 2. The van der Waals surface area contributed by atoms with Gasteiger partial charge in [0.05, 0.1) is 12.7 Å². The molecule has 1 heterocycles. The molecule has 0 radical (unpaired) electrons. The fourth-order valence-corrected chi connectivity index (χ4v) is 3.45. The van der Waals surface area contributed by atoms with E-state index in [1.807, 2.05) is 13.8 Å². The Bertz CT molecular complexity index is 778. The highest BCUT2D eigenvalue weighted by molar-refractivity contribution is 7.16. The first-order valence-corrected chi connectivity index (χ1v) is 8.23. The van der Waals surface area contributed by atoms with Gasteiger partial charge in [0.2, 0.25) is 5.91 Å². The first-order chi connectivity index (χ1) is 11.5. The maximum Gasteiger partial charge on any atom is 0.341 e. The van der Waals surface area contributed by atoms with Crippen LogP contribution in [-0.4, -0.2) is 19.0 Å². The van der Waals surface area contributed by atoms with Gasteiger partial charge in [-0.2, -0.15) is 0 Å². The number of aryl methyl sites for hydroxylation is 1. The summed E-state index contributed by atoms with van der Waals surface area (Å²) in [7, 11) is 1.31. The summed E-state index contributed by atoms with van der Waals surface area (Å²) in [5.41, 5.74) is 1.99. The molecule has 24 heavy (non-hydrogen) atoms. The van der Waals surface area contributed by atoms with Gasteiger partial charge in [0.1, 0.15) is 10.8 Å². The number of halogens is 1. The zero-order valence-electron chi connectivity index (χ0n) is 13.7. The number of rotatable bonds is 5. The highest BCUT2D eigenvalue weighted by atomic mass is 32.1. The Kier molecular flexibility index (Phi) is 5.87. The third-order valence-electron chi connectivity index (χ3n) is 3.49. The molecule has 2 aromatic rings. The number of amides is 1. The van der Waals surface area contributed by atoms with Gasteiger partial charge in [0.25, 0.3) is 0 Å². The number of esters is 1. The summed E-state index contributed by atoms with van der Waals surface area (Å²) in [6, 6.07) is 5.79. The third kappa shape index (κ3) is 4.08. The first-order valence-electron chi connectivity index (χ1n) is 7.41. The molecule has 1 aromatic heterocycles. The predicted octanol–water partition coefficient (Wildman–Crippen LogP) is 4.20. The molecule has 0 fully saturated rings. The van der Waals surface area contributed by atoms with Crippen molar-refractivity contribution in [2.75, 3.05) is 12.4 Å². The number of thiophene rings is 1. The summed E-state index contributed by atoms with van der Waals surface area (Å²) in [5.74, 6) is -1.16.